The number of hydroxylamine groups is 1. The van der Waals surface area contributed by atoms with Crippen LogP contribution in [0, 0.1) is 13.7 Å². The van der Waals surface area contributed by atoms with Gasteiger partial charge >= 0.3 is 0 Å². The van der Waals surface area contributed by atoms with Crippen molar-refractivity contribution < 1.29 is 4.84 Å². The summed E-state index contributed by atoms with van der Waals surface area (Å²) in [5, 5.41) is 0. The Hall–Kier alpha value is -0.0800. The molecule has 29 valence electrons. The molecule has 2 heteroatoms. The highest BCUT2D eigenvalue weighted by Gasteiger charge is 1.64. The maximum Gasteiger partial charge on any atom is 0.0936 e. The van der Waals surface area contributed by atoms with Crippen molar-refractivity contribution in [2.45, 2.75) is 6.92 Å². The van der Waals surface area contributed by atoms with Gasteiger partial charge in [-0.15, -0.1) is 0 Å². The van der Waals surface area contributed by atoms with Gasteiger partial charge in [0.05, 0.1) is 13.7 Å². The topological polar surface area (TPSA) is 21.3 Å². The molecule has 2 nitrogen and oxygen atoms in total. The predicted octanol–water partition coefficient (Wildman–Crippen LogP) is 0.358. The first-order valence-electron chi connectivity index (χ1n) is 1.24. The number of nitrogens with one attached hydrogen (secondary N) is 1. The van der Waals surface area contributed by atoms with Gasteiger partial charge in [-0.1, -0.05) is 0 Å². The SMILES string of the molecule is [CH2]ON[C]C. The summed E-state index contributed by atoms with van der Waals surface area (Å²) in [7, 11) is 3.00. The lowest BCUT2D eigenvalue weighted by Crippen LogP contribution is -2.01. The van der Waals surface area contributed by atoms with Crippen molar-refractivity contribution in [3.05, 3.63) is 13.7 Å². The van der Waals surface area contributed by atoms with E-state index in [1.807, 2.05) is 0 Å². The highest BCUT2D eigenvalue weighted by atomic mass is 16.6. The maximum absolute atomic E-state index is 4.08. The van der Waals surface area contributed by atoms with E-state index in [1.54, 1.807) is 6.92 Å². The van der Waals surface area contributed by atoms with Crippen molar-refractivity contribution in [2.75, 3.05) is 0 Å². The zero-order valence-electron chi connectivity index (χ0n) is 3.12. The zero-order chi connectivity index (χ0) is 4.12. The fraction of sp³-hybridized carbons (Fsp3) is 0.333. The summed E-state index contributed by atoms with van der Waals surface area (Å²) in [5.41, 5.74) is 2.25. The summed E-state index contributed by atoms with van der Waals surface area (Å²) in [6, 6.07) is 0. The monoisotopic (exact) mass is 72.0 g/mol. The van der Waals surface area contributed by atoms with E-state index in [0.29, 0.717) is 0 Å². The van der Waals surface area contributed by atoms with Gasteiger partial charge in [0.25, 0.3) is 0 Å². The van der Waals surface area contributed by atoms with Crippen LogP contribution in [0.15, 0.2) is 0 Å². The first-order chi connectivity index (χ1) is 2.41. The first-order valence-corrected chi connectivity index (χ1v) is 1.24. The van der Waals surface area contributed by atoms with Gasteiger partial charge < -0.3 is 0 Å². The van der Waals surface area contributed by atoms with Crippen LogP contribution >= 0.6 is 0 Å². The Labute approximate surface area is 32.1 Å². The minimum atomic E-state index is 1.69. The molecular weight excluding hydrogens is 66.0 g/mol. The minimum Gasteiger partial charge on any atom is -0.299 e. The van der Waals surface area contributed by atoms with Crippen LogP contribution in [-0.4, -0.2) is 0 Å². The Morgan fingerprint density at radius 1 is 2.00 bits per heavy atom. The molecule has 1 N–H and O–H groups in total. The third-order valence-electron chi connectivity index (χ3n) is 0.174. The standard InChI is InChI=1S/C3H6NO/c1-3-4-5-2/h4H,2H2,1H3. The van der Waals surface area contributed by atoms with E-state index < -0.39 is 0 Å². The van der Waals surface area contributed by atoms with Crippen LogP contribution in [0.2, 0.25) is 0 Å². The van der Waals surface area contributed by atoms with Crippen molar-refractivity contribution in [2.24, 2.45) is 0 Å². The highest BCUT2D eigenvalue weighted by molar-refractivity contribution is 4.35. The average molecular weight is 72.1 g/mol. The molecule has 0 saturated heterocycles. The van der Waals surface area contributed by atoms with Crippen LogP contribution in [0.25, 0.3) is 0 Å². The predicted molar refractivity (Wildman–Crippen MR) is 18.5 cm³/mol. The summed E-state index contributed by atoms with van der Waals surface area (Å²) in [5.74, 6) is 0. The Balaban J connectivity index is 2.19. The molecule has 0 aromatic carbocycles. The van der Waals surface area contributed by atoms with Crippen molar-refractivity contribution in [1.82, 2.24) is 5.48 Å². The zero-order valence-corrected chi connectivity index (χ0v) is 3.12. The number of hydrogen-bond donors (Lipinski definition) is 1. The molecule has 0 spiro atoms. The van der Waals surface area contributed by atoms with E-state index in [4.69, 9.17) is 0 Å². The van der Waals surface area contributed by atoms with Crippen LogP contribution in [0.3, 0.4) is 0 Å². The molecule has 0 aliphatic heterocycles. The quantitative estimate of drug-likeness (QED) is 0.375. The molecule has 0 aliphatic rings. The lowest BCUT2D eigenvalue weighted by Gasteiger charge is -1.86. The summed E-state index contributed by atoms with van der Waals surface area (Å²) in [6.07, 6.45) is 0. The molecule has 0 unspecified atom stereocenters. The second-order valence-corrected chi connectivity index (χ2v) is 0.496. The number of rotatable bonds is 2. The van der Waals surface area contributed by atoms with Gasteiger partial charge in [-0.2, -0.15) is 5.48 Å². The van der Waals surface area contributed by atoms with Crippen molar-refractivity contribution >= 4 is 0 Å². The molecule has 0 aromatic rings. The molecule has 0 aliphatic carbocycles. The summed E-state index contributed by atoms with van der Waals surface area (Å²) < 4.78 is 0. The summed E-state index contributed by atoms with van der Waals surface area (Å²) >= 11 is 0. The number of hydrogen-bond acceptors (Lipinski definition) is 2. The van der Waals surface area contributed by atoms with Crippen molar-refractivity contribution in [1.29, 1.82) is 0 Å². The van der Waals surface area contributed by atoms with Gasteiger partial charge in [0.1, 0.15) is 0 Å². The molecule has 0 amide bonds. The Morgan fingerprint density at radius 3 is 2.60 bits per heavy atom. The average Bonchev–Trinajstić information content (AvgIpc) is 1.41. The van der Waals surface area contributed by atoms with E-state index in [0.717, 1.165) is 0 Å². The fourth-order valence-corrected chi connectivity index (χ4v) is 0.0722. The van der Waals surface area contributed by atoms with Crippen molar-refractivity contribution in [3.8, 4) is 0 Å². The van der Waals surface area contributed by atoms with Gasteiger partial charge in [0, 0.05) is 0 Å². The third kappa shape index (κ3) is 3.92. The van der Waals surface area contributed by atoms with E-state index in [9.17, 15) is 0 Å². The highest BCUT2D eigenvalue weighted by Crippen LogP contribution is 1.58. The lowest BCUT2D eigenvalue weighted by atomic mass is 10.8. The Morgan fingerprint density at radius 2 is 2.60 bits per heavy atom. The van der Waals surface area contributed by atoms with Gasteiger partial charge in [-0.05, 0) is 6.92 Å². The van der Waals surface area contributed by atoms with Crippen LogP contribution in [0.4, 0.5) is 0 Å². The third-order valence-corrected chi connectivity index (χ3v) is 0.174. The van der Waals surface area contributed by atoms with E-state index in [-0.39, 0.29) is 0 Å². The minimum absolute atomic E-state index is 1.69. The van der Waals surface area contributed by atoms with Crippen LogP contribution in [-0.2, 0) is 4.84 Å². The molecule has 0 fully saturated rings. The van der Waals surface area contributed by atoms with Crippen LogP contribution in [0.5, 0.6) is 0 Å². The Kier molecular flexibility index (Phi) is 3.86. The lowest BCUT2D eigenvalue weighted by molar-refractivity contribution is 0.154. The van der Waals surface area contributed by atoms with Crippen LogP contribution in [0.1, 0.15) is 6.92 Å². The second-order valence-electron chi connectivity index (χ2n) is 0.496. The summed E-state index contributed by atoms with van der Waals surface area (Å²) in [4.78, 5) is 4.08. The smallest absolute Gasteiger partial charge is 0.0936 e. The van der Waals surface area contributed by atoms with E-state index >= 15 is 0 Å². The van der Waals surface area contributed by atoms with Gasteiger partial charge in [0.15, 0.2) is 0 Å². The molecule has 0 heterocycles. The van der Waals surface area contributed by atoms with Crippen LogP contribution < -0.4 is 5.48 Å². The van der Waals surface area contributed by atoms with Gasteiger partial charge in [-0.3, -0.25) is 4.84 Å². The summed E-state index contributed by atoms with van der Waals surface area (Å²) in [6.45, 7) is 4.17. The molecule has 3 radical (unpaired) electrons. The van der Waals surface area contributed by atoms with Gasteiger partial charge in [-0.25, -0.2) is 0 Å². The first kappa shape index (κ1) is 4.92. The molecule has 0 bridgehead atoms. The molecular formula is C3H6NO. The molecule has 0 aromatic heterocycles. The molecule has 0 saturated carbocycles. The molecule has 5 heavy (non-hydrogen) atoms. The second kappa shape index (κ2) is 3.92. The maximum atomic E-state index is 4.08. The van der Waals surface area contributed by atoms with Gasteiger partial charge in [0.2, 0.25) is 0 Å². The Bertz CT molecular complexity index is 14.4. The molecule has 0 atom stereocenters. The molecule has 0 rings (SSSR count). The fourth-order valence-electron chi connectivity index (χ4n) is 0.0722. The largest absolute Gasteiger partial charge is 0.299 e. The normalized spacial score (nSPS) is 8.40. The van der Waals surface area contributed by atoms with E-state index in [1.165, 1.54) is 0 Å². The van der Waals surface area contributed by atoms with E-state index in [2.05, 4.69) is 24.0 Å². The van der Waals surface area contributed by atoms with Crippen molar-refractivity contribution in [3.63, 3.8) is 0 Å².